The third-order valence-electron chi connectivity index (χ3n) is 5.29. The predicted octanol–water partition coefficient (Wildman–Crippen LogP) is 3.12. The quantitative estimate of drug-likeness (QED) is 0.932. The highest BCUT2D eigenvalue weighted by Gasteiger charge is 2.26. The maximum absolute atomic E-state index is 12.7. The smallest absolute Gasteiger partial charge is 0.223 e. The van der Waals surface area contributed by atoms with Gasteiger partial charge >= 0.3 is 0 Å². The van der Waals surface area contributed by atoms with E-state index in [0.717, 1.165) is 45.2 Å². The second-order valence-electron chi connectivity index (χ2n) is 6.88. The minimum Gasteiger partial charge on any atom is -0.396 e. The number of carbonyl (C=O) groups excluding carboxylic acids is 1. The van der Waals surface area contributed by atoms with Gasteiger partial charge in [-0.1, -0.05) is 30.7 Å². The number of carbonyl (C=O) groups is 1. The average molecular weight is 301 g/mol. The average Bonchev–Trinajstić information content (AvgIpc) is 2.81. The van der Waals surface area contributed by atoms with Crippen LogP contribution in [-0.4, -0.2) is 35.6 Å². The number of aliphatic hydroxyl groups excluding tert-OH is 1. The van der Waals surface area contributed by atoms with Crippen molar-refractivity contribution in [1.82, 2.24) is 4.90 Å². The summed E-state index contributed by atoms with van der Waals surface area (Å²) in [4.78, 5) is 14.7. The summed E-state index contributed by atoms with van der Waals surface area (Å²) in [5.74, 6) is 0.931. The van der Waals surface area contributed by atoms with Gasteiger partial charge in [0, 0.05) is 26.1 Å². The van der Waals surface area contributed by atoms with Crippen molar-refractivity contribution in [2.45, 2.75) is 50.9 Å². The van der Waals surface area contributed by atoms with Crippen LogP contribution in [0, 0.1) is 5.92 Å². The Balaban J connectivity index is 1.67. The molecule has 3 rings (SSSR count). The third-order valence-corrected chi connectivity index (χ3v) is 5.29. The minimum absolute atomic E-state index is 0.204. The largest absolute Gasteiger partial charge is 0.396 e. The van der Waals surface area contributed by atoms with Gasteiger partial charge in [-0.2, -0.15) is 0 Å². The van der Waals surface area contributed by atoms with Crippen molar-refractivity contribution in [3.8, 4) is 0 Å². The van der Waals surface area contributed by atoms with Crippen molar-refractivity contribution in [3.05, 3.63) is 35.4 Å². The van der Waals surface area contributed by atoms with E-state index in [1.54, 1.807) is 0 Å². The molecule has 120 valence electrons. The summed E-state index contributed by atoms with van der Waals surface area (Å²) >= 11 is 0. The van der Waals surface area contributed by atoms with Gasteiger partial charge in [-0.3, -0.25) is 4.79 Å². The first-order chi connectivity index (χ1) is 10.8. The molecule has 0 aromatic heterocycles. The Hall–Kier alpha value is -1.35. The van der Waals surface area contributed by atoms with E-state index in [1.165, 1.54) is 17.5 Å². The van der Waals surface area contributed by atoms with Crippen molar-refractivity contribution in [1.29, 1.82) is 0 Å². The molecule has 1 aliphatic heterocycles. The molecule has 1 aromatic carbocycles. The van der Waals surface area contributed by atoms with Crippen molar-refractivity contribution in [2.75, 3.05) is 19.7 Å². The number of fused-ring (bicyclic) bond motifs is 1. The molecule has 0 spiro atoms. The van der Waals surface area contributed by atoms with E-state index in [1.807, 2.05) is 4.90 Å². The molecule has 1 aromatic rings. The molecule has 0 saturated carbocycles. The van der Waals surface area contributed by atoms with Gasteiger partial charge in [0.25, 0.3) is 0 Å². The highest BCUT2D eigenvalue weighted by molar-refractivity contribution is 5.77. The fourth-order valence-corrected chi connectivity index (χ4v) is 4.01. The molecule has 0 radical (unpaired) electrons. The van der Waals surface area contributed by atoms with Gasteiger partial charge in [0.05, 0.1) is 0 Å². The number of hydrogen-bond donors (Lipinski definition) is 1. The van der Waals surface area contributed by atoms with Gasteiger partial charge in [0.2, 0.25) is 5.91 Å². The molecule has 1 aliphatic carbocycles. The number of benzene rings is 1. The number of aliphatic hydroxyl groups is 1. The van der Waals surface area contributed by atoms with E-state index >= 15 is 0 Å². The van der Waals surface area contributed by atoms with E-state index in [-0.39, 0.29) is 18.4 Å². The molecule has 22 heavy (non-hydrogen) atoms. The van der Waals surface area contributed by atoms with Gasteiger partial charge in [-0.25, -0.2) is 0 Å². The first-order valence-corrected chi connectivity index (χ1v) is 8.74. The van der Waals surface area contributed by atoms with Crippen LogP contribution in [-0.2, 0) is 11.2 Å². The van der Waals surface area contributed by atoms with Gasteiger partial charge < -0.3 is 10.0 Å². The molecule has 0 unspecified atom stereocenters. The molecule has 3 nitrogen and oxygen atoms in total. The molecule has 1 saturated heterocycles. The summed E-state index contributed by atoms with van der Waals surface area (Å²) in [5, 5.41) is 9.43. The van der Waals surface area contributed by atoms with Crippen LogP contribution in [0.5, 0.6) is 0 Å². The van der Waals surface area contributed by atoms with Gasteiger partial charge in [0.1, 0.15) is 0 Å². The number of rotatable bonds is 3. The van der Waals surface area contributed by atoms with Gasteiger partial charge in [-0.05, 0) is 55.1 Å². The molecule has 2 aliphatic rings. The van der Waals surface area contributed by atoms with Gasteiger partial charge in [0.15, 0.2) is 0 Å². The molecular formula is C19H27NO2. The Labute approximate surface area is 133 Å². The molecule has 2 atom stereocenters. The zero-order valence-electron chi connectivity index (χ0n) is 13.3. The number of likely N-dealkylation sites (tertiary alicyclic amines) is 1. The molecule has 3 heteroatoms. The molecule has 1 amide bonds. The standard InChI is InChI=1S/C19H27NO2/c21-14-15-6-3-4-11-20(13-15)19(22)12-17-9-5-8-16-7-1-2-10-18(16)17/h1-2,7,10,15,17,21H,3-6,8-9,11-14H2/t15-,17+/m0/s1. The lowest BCUT2D eigenvalue weighted by Gasteiger charge is -2.29. The monoisotopic (exact) mass is 301 g/mol. The van der Waals surface area contributed by atoms with Crippen molar-refractivity contribution in [3.63, 3.8) is 0 Å². The van der Waals surface area contributed by atoms with Crippen LogP contribution in [0.3, 0.4) is 0 Å². The summed E-state index contributed by atoms with van der Waals surface area (Å²) in [7, 11) is 0. The lowest BCUT2D eigenvalue weighted by molar-refractivity contribution is -0.132. The Morgan fingerprint density at radius 1 is 1.18 bits per heavy atom. The highest BCUT2D eigenvalue weighted by Crippen LogP contribution is 2.34. The third kappa shape index (κ3) is 3.52. The van der Waals surface area contributed by atoms with E-state index in [2.05, 4.69) is 24.3 Å². The summed E-state index contributed by atoms with van der Waals surface area (Å²) in [6.45, 7) is 1.81. The molecule has 1 fully saturated rings. The van der Waals surface area contributed by atoms with E-state index in [9.17, 15) is 9.90 Å². The fraction of sp³-hybridized carbons (Fsp3) is 0.632. The zero-order chi connectivity index (χ0) is 15.4. The summed E-state index contributed by atoms with van der Waals surface area (Å²) in [6.07, 6.45) is 7.35. The first kappa shape index (κ1) is 15.5. The highest BCUT2D eigenvalue weighted by atomic mass is 16.3. The summed E-state index contributed by atoms with van der Waals surface area (Å²) < 4.78 is 0. The minimum atomic E-state index is 0.204. The van der Waals surface area contributed by atoms with Crippen LogP contribution in [0.25, 0.3) is 0 Å². The van der Waals surface area contributed by atoms with E-state index < -0.39 is 0 Å². The van der Waals surface area contributed by atoms with Gasteiger partial charge in [-0.15, -0.1) is 0 Å². The lowest BCUT2D eigenvalue weighted by Crippen LogP contribution is -2.36. The molecule has 0 bridgehead atoms. The normalized spacial score (nSPS) is 25.4. The number of nitrogens with zero attached hydrogens (tertiary/aromatic N) is 1. The lowest BCUT2D eigenvalue weighted by atomic mass is 9.81. The van der Waals surface area contributed by atoms with E-state index in [4.69, 9.17) is 0 Å². The Morgan fingerprint density at radius 3 is 2.91 bits per heavy atom. The zero-order valence-corrected chi connectivity index (χ0v) is 13.3. The Bertz CT molecular complexity index is 514. The van der Waals surface area contributed by atoms with Crippen molar-refractivity contribution < 1.29 is 9.90 Å². The number of amides is 1. The maximum atomic E-state index is 12.7. The van der Waals surface area contributed by atoms with Crippen LogP contribution in [0.2, 0.25) is 0 Å². The number of aryl methyl sites for hydroxylation is 1. The van der Waals surface area contributed by atoms with Crippen LogP contribution in [0.4, 0.5) is 0 Å². The fourth-order valence-electron chi connectivity index (χ4n) is 4.01. The molecule has 1 N–H and O–H groups in total. The van der Waals surface area contributed by atoms with Crippen LogP contribution in [0.1, 0.15) is 55.6 Å². The predicted molar refractivity (Wildman–Crippen MR) is 87.7 cm³/mol. The first-order valence-electron chi connectivity index (χ1n) is 8.74. The second kappa shape index (κ2) is 7.28. The SMILES string of the molecule is O=C(C[C@H]1CCCc2ccccc21)N1CCCC[C@H](CO)C1. The molecule has 1 heterocycles. The van der Waals surface area contributed by atoms with Crippen LogP contribution in [0.15, 0.2) is 24.3 Å². The maximum Gasteiger partial charge on any atom is 0.223 e. The van der Waals surface area contributed by atoms with Crippen molar-refractivity contribution >= 4 is 5.91 Å². The second-order valence-corrected chi connectivity index (χ2v) is 6.88. The topological polar surface area (TPSA) is 40.5 Å². The van der Waals surface area contributed by atoms with Crippen LogP contribution < -0.4 is 0 Å². The summed E-state index contributed by atoms with van der Waals surface area (Å²) in [6, 6.07) is 8.60. The molecular weight excluding hydrogens is 274 g/mol. The van der Waals surface area contributed by atoms with E-state index in [0.29, 0.717) is 12.3 Å². The van der Waals surface area contributed by atoms with Crippen LogP contribution >= 0.6 is 0 Å². The van der Waals surface area contributed by atoms with Crippen molar-refractivity contribution in [2.24, 2.45) is 5.92 Å². The summed E-state index contributed by atoms with van der Waals surface area (Å²) in [5.41, 5.74) is 2.81. The Morgan fingerprint density at radius 2 is 2.05 bits per heavy atom. The number of hydrogen-bond acceptors (Lipinski definition) is 2. The Kier molecular flexibility index (Phi) is 5.14.